The Morgan fingerprint density at radius 3 is 1.52 bits per heavy atom. The van der Waals surface area contributed by atoms with E-state index in [-0.39, 0.29) is 19.1 Å². The number of carbonyl (C=O) groups excluding carboxylic acids is 2. The van der Waals surface area contributed by atoms with Gasteiger partial charge >= 0.3 is 12.2 Å². The van der Waals surface area contributed by atoms with Crippen LogP contribution in [-0.4, -0.2) is 49.8 Å². The van der Waals surface area contributed by atoms with Crippen molar-refractivity contribution in [2.45, 2.75) is 142 Å². The molecule has 0 aromatic carbocycles. The van der Waals surface area contributed by atoms with E-state index in [4.69, 9.17) is 18.7 Å². The number of nitrogens with zero attached hydrogens (tertiary/aromatic N) is 1. The van der Waals surface area contributed by atoms with Crippen LogP contribution in [0.3, 0.4) is 0 Å². The largest absolute Gasteiger partial charge is 0.465 e. The second-order valence-electron chi connectivity index (χ2n) is 10.7. The quantitative estimate of drug-likeness (QED) is 0.108. The van der Waals surface area contributed by atoms with Gasteiger partial charge in [-0.2, -0.15) is 0 Å². The van der Waals surface area contributed by atoms with Gasteiger partial charge in [0.05, 0.1) is 0 Å². The van der Waals surface area contributed by atoms with Gasteiger partial charge in [-0.1, -0.05) is 117 Å². The molecule has 0 fully saturated rings. The molecule has 1 aromatic heterocycles. The number of carbonyl (C=O) groups is 2. The Morgan fingerprint density at radius 2 is 1.10 bits per heavy atom. The molecule has 0 saturated heterocycles. The van der Waals surface area contributed by atoms with Gasteiger partial charge in [0.1, 0.15) is 19.0 Å². The van der Waals surface area contributed by atoms with E-state index < -0.39 is 18.3 Å². The van der Waals surface area contributed by atoms with Crippen molar-refractivity contribution in [3.8, 4) is 5.88 Å². The van der Waals surface area contributed by atoms with Crippen LogP contribution in [0.4, 0.5) is 9.59 Å². The second kappa shape index (κ2) is 25.5. The first-order valence-electron chi connectivity index (χ1n) is 16.0. The van der Waals surface area contributed by atoms with E-state index in [9.17, 15) is 9.59 Å². The SMILES string of the molecule is CCCCCCCCCCCCCCCCCNC(=O)OCC(COC(=O)NCCCCC)Oc1cc(C)on1. The van der Waals surface area contributed by atoms with E-state index in [0.717, 1.165) is 32.1 Å². The van der Waals surface area contributed by atoms with Crippen LogP contribution in [0.15, 0.2) is 10.6 Å². The fourth-order valence-corrected chi connectivity index (χ4v) is 4.38. The minimum absolute atomic E-state index is 0.0836. The van der Waals surface area contributed by atoms with E-state index in [1.54, 1.807) is 13.0 Å². The van der Waals surface area contributed by atoms with E-state index in [0.29, 0.717) is 18.8 Å². The molecule has 9 heteroatoms. The van der Waals surface area contributed by atoms with E-state index in [1.165, 1.54) is 83.5 Å². The van der Waals surface area contributed by atoms with E-state index >= 15 is 0 Å². The summed E-state index contributed by atoms with van der Waals surface area (Å²) >= 11 is 0. The standard InChI is InChI=1S/C31H57N3O6/c1-4-6-8-9-10-11-12-13-14-15-16-17-18-19-21-23-33-31(36)38-26-28(39-29-24-27(3)40-34-29)25-37-30(35)32-22-20-7-5-2/h24,28H,4-23,25-26H2,1-3H3,(H,32,35)(H,33,36). The topological polar surface area (TPSA) is 112 Å². The van der Waals surface area contributed by atoms with E-state index in [2.05, 4.69) is 29.6 Å². The molecule has 0 aliphatic heterocycles. The van der Waals surface area contributed by atoms with Gasteiger partial charge < -0.3 is 29.4 Å². The van der Waals surface area contributed by atoms with Gasteiger partial charge in [0.25, 0.3) is 5.88 Å². The summed E-state index contributed by atoms with van der Waals surface area (Å²) in [6, 6.07) is 1.62. The van der Waals surface area contributed by atoms with Gasteiger partial charge in [0, 0.05) is 19.2 Å². The number of rotatable bonds is 26. The Morgan fingerprint density at radius 1 is 0.700 bits per heavy atom. The van der Waals surface area contributed by atoms with Crippen molar-refractivity contribution in [1.82, 2.24) is 15.8 Å². The number of aromatic nitrogens is 1. The zero-order chi connectivity index (χ0) is 29.1. The van der Waals surface area contributed by atoms with Gasteiger partial charge in [0.15, 0.2) is 6.10 Å². The molecule has 1 rings (SSSR count). The Balaban J connectivity index is 2.08. The molecule has 0 aliphatic carbocycles. The third-order valence-electron chi connectivity index (χ3n) is 6.79. The van der Waals surface area contributed by atoms with Crippen LogP contribution in [0.1, 0.15) is 135 Å². The highest BCUT2D eigenvalue weighted by atomic mass is 16.6. The van der Waals surface area contributed by atoms with Gasteiger partial charge in [-0.05, 0) is 24.9 Å². The maximum atomic E-state index is 12.1. The molecule has 232 valence electrons. The van der Waals surface area contributed by atoms with Gasteiger partial charge in [-0.25, -0.2) is 9.59 Å². The van der Waals surface area contributed by atoms with Crippen LogP contribution < -0.4 is 15.4 Å². The van der Waals surface area contributed by atoms with Crippen LogP contribution in [0, 0.1) is 6.92 Å². The molecule has 0 aliphatic rings. The lowest BCUT2D eigenvalue weighted by Crippen LogP contribution is -2.36. The Labute approximate surface area is 242 Å². The Kier molecular flexibility index (Phi) is 22.7. The number of ether oxygens (including phenoxy) is 3. The molecule has 2 N–H and O–H groups in total. The van der Waals surface area contributed by atoms with Crippen LogP contribution in [0.5, 0.6) is 5.88 Å². The molecular weight excluding hydrogens is 510 g/mol. The molecule has 40 heavy (non-hydrogen) atoms. The minimum atomic E-state index is -0.706. The molecule has 1 aromatic rings. The van der Waals surface area contributed by atoms with Crippen LogP contribution in [0.25, 0.3) is 0 Å². The smallest absolute Gasteiger partial charge is 0.407 e. The normalized spacial score (nSPS) is 11.7. The van der Waals surface area contributed by atoms with Crippen molar-refractivity contribution < 1.29 is 28.3 Å². The first kappa shape index (κ1) is 35.6. The maximum Gasteiger partial charge on any atom is 0.407 e. The molecular formula is C31H57N3O6. The molecule has 1 heterocycles. The fourth-order valence-electron chi connectivity index (χ4n) is 4.38. The zero-order valence-electron chi connectivity index (χ0n) is 25.6. The van der Waals surface area contributed by atoms with Gasteiger partial charge in [-0.3, -0.25) is 0 Å². The first-order chi connectivity index (χ1) is 19.5. The summed E-state index contributed by atoms with van der Waals surface area (Å²) in [6.45, 7) is 7.07. The Bertz CT molecular complexity index is 742. The fraction of sp³-hybridized carbons (Fsp3) is 0.839. The number of hydrogen-bond acceptors (Lipinski definition) is 7. The molecule has 0 saturated carbocycles. The molecule has 0 bridgehead atoms. The number of nitrogens with one attached hydrogen (secondary N) is 2. The number of unbranched alkanes of at least 4 members (excludes halogenated alkanes) is 16. The zero-order valence-corrected chi connectivity index (χ0v) is 25.6. The summed E-state index contributed by atoms with van der Waals surface area (Å²) < 4.78 is 21.3. The van der Waals surface area contributed by atoms with Crippen molar-refractivity contribution in [2.75, 3.05) is 26.3 Å². The lowest BCUT2D eigenvalue weighted by Gasteiger charge is -2.18. The van der Waals surface area contributed by atoms with Crippen LogP contribution >= 0.6 is 0 Å². The summed E-state index contributed by atoms with van der Waals surface area (Å²) in [6.07, 6.45) is 20.8. The summed E-state index contributed by atoms with van der Waals surface area (Å²) in [4.78, 5) is 24.1. The second-order valence-corrected chi connectivity index (χ2v) is 10.7. The summed E-state index contributed by atoms with van der Waals surface area (Å²) in [7, 11) is 0. The molecule has 1 unspecified atom stereocenters. The van der Waals surface area contributed by atoms with Crippen LogP contribution in [-0.2, 0) is 9.47 Å². The highest BCUT2D eigenvalue weighted by Crippen LogP contribution is 2.14. The molecule has 1 atom stereocenters. The average molecular weight is 568 g/mol. The number of hydrogen-bond donors (Lipinski definition) is 2. The Hall–Kier alpha value is -2.45. The van der Waals surface area contributed by atoms with Crippen molar-refractivity contribution in [2.24, 2.45) is 0 Å². The third kappa shape index (κ3) is 21.4. The predicted octanol–water partition coefficient (Wildman–Crippen LogP) is 8.24. The summed E-state index contributed by atoms with van der Waals surface area (Å²) in [5.41, 5.74) is 0. The molecule has 0 radical (unpaired) electrons. The minimum Gasteiger partial charge on any atom is -0.465 e. The average Bonchev–Trinajstić information content (AvgIpc) is 3.36. The summed E-state index contributed by atoms with van der Waals surface area (Å²) in [5.74, 6) is 0.835. The van der Waals surface area contributed by atoms with E-state index in [1.807, 2.05) is 0 Å². The van der Waals surface area contributed by atoms with Crippen molar-refractivity contribution in [1.29, 1.82) is 0 Å². The maximum absolute atomic E-state index is 12.1. The number of aryl methyl sites for hydroxylation is 1. The van der Waals surface area contributed by atoms with Crippen LogP contribution in [0.2, 0.25) is 0 Å². The molecule has 9 nitrogen and oxygen atoms in total. The highest BCUT2D eigenvalue weighted by molar-refractivity contribution is 5.67. The summed E-state index contributed by atoms with van der Waals surface area (Å²) in [5, 5.41) is 9.29. The van der Waals surface area contributed by atoms with Crippen molar-refractivity contribution in [3.05, 3.63) is 11.8 Å². The number of alkyl carbamates (subject to hydrolysis) is 2. The molecule has 0 spiro atoms. The predicted molar refractivity (Wildman–Crippen MR) is 159 cm³/mol. The van der Waals surface area contributed by atoms with Crippen molar-refractivity contribution >= 4 is 12.2 Å². The number of amides is 2. The molecule has 2 amide bonds. The lowest BCUT2D eigenvalue weighted by atomic mass is 10.0. The monoisotopic (exact) mass is 567 g/mol. The first-order valence-corrected chi connectivity index (χ1v) is 16.0. The third-order valence-corrected chi connectivity index (χ3v) is 6.79. The van der Waals surface area contributed by atoms with Gasteiger partial charge in [-0.15, -0.1) is 0 Å². The van der Waals surface area contributed by atoms with Gasteiger partial charge in [0.2, 0.25) is 0 Å². The lowest BCUT2D eigenvalue weighted by molar-refractivity contribution is 0.0324. The highest BCUT2D eigenvalue weighted by Gasteiger charge is 2.18. The van der Waals surface area contributed by atoms with Crippen molar-refractivity contribution in [3.63, 3.8) is 0 Å².